The highest BCUT2D eigenvalue weighted by Gasteiger charge is 2.03. The Morgan fingerprint density at radius 1 is 0.917 bits per heavy atom. The van der Waals surface area contributed by atoms with Gasteiger partial charge in [-0.1, -0.05) is 18.7 Å². The molecule has 0 radical (unpaired) electrons. The molecule has 3 nitrogen and oxygen atoms in total. The molecule has 0 aromatic heterocycles. The largest absolute Gasteiger partial charge is 0.386 e. The summed E-state index contributed by atoms with van der Waals surface area (Å²) in [5.74, 6) is 5.72. The van der Waals surface area contributed by atoms with Crippen molar-refractivity contribution < 1.29 is 14.1 Å². The van der Waals surface area contributed by atoms with Crippen LogP contribution < -0.4 is 0 Å². The van der Waals surface area contributed by atoms with Crippen molar-refractivity contribution in [3.8, 4) is 0 Å². The molecule has 144 valence electrons. The van der Waals surface area contributed by atoms with E-state index in [9.17, 15) is 9.00 Å². The maximum Gasteiger partial charge on any atom is 0.190 e. The third-order valence-corrected chi connectivity index (χ3v) is 10.7. The van der Waals surface area contributed by atoms with E-state index in [-0.39, 0.29) is 11.1 Å². The Labute approximate surface area is 175 Å². The van der Waals surface area contributed by atoms with Crippen LogP contribution in [0.2, 0.25) is 0 Å². The number of thioether (sulfide) groups is 6. The molecule has 0 saturated carbocycles. The van der Waals surface area contributed by atoms with Crippen LogP contribution in [0.4, 0.5) is 0 Å². The van der Waals surface area contributed by atoms with E-state index in [4.69, 9.17) is 5.11 Å². The molecular weight excluding hydrogens is 441 g/mol. The lowest BCUT2D eigenvalue weighted by molar-refractivity contribution is -0.110. The summed E-state index contributed by atoms with van der Waals surface area (Å²) in [6.07, 6.45) is 1.69. The molecule has 0 rings (SSSR count). The Balaban J connectivity index is 3.18. The van der Waals surface area contributed by atoms with Crippen LogP contribution in [0, 0.1) is 0 Å². The van der Waals surface area contributed by atoms with Gasteiger partial charge in [0.25, 0.3) is 0 Å². The predicted molar refractivity (Wildman–Crippen MR) is 124 cm³/mol. The van der Waals surface area contributed by atoms with Gasteiger partial charge < -0.3 is 5.11 Å². The van der Waals surface area contributed by atoms with E-state index in [1.807, 2.05) is 42.2 Å². The van der Waals surface area contributed by atoms with Gasteiger partial charge in [0.15, 0.2) is 5.12 Å². The second kappa shape index (κ2) is 21.2. The van der Waals surface area contributed by atoms with Crippen LogP contribution in [-0.2, 0) is 15.6 Å². The first-order chi connectivity index (χ1) is 11.7. The number of hydrogen-bond donors (Lipinski definition) is 1. The molecule has 0 spiro atoms. The summed E-state index contributed by atoms with van der Waals surface area (Å²) < 4.78 is 11.3. The monoisotopic (exact) mass is 468 g/mol. The van der Waals surface area contributed by atoms with Crippen LogP contribution in [0.5, 0.6) is 0 Å². The first kappa shape index (κ1) is 25.9. The Morgan fingerprint density at radius 2 is 1.58 bits per heavy atom. The lowest BCUT2D eigenvalue weighted by Gasteiger charge is -2.03. The van der Waals surface area contributed by atoms with Crippen LogP contribution in [0.3, 0.4) is 0 Å². The molecule has 0 fully saturated rings. The molecule has 1 N–H and O–H groups in total. The molecule has 24 heavy (non-hydrogen) atoms. The van der Waals surface area contributed by atoms with Crippen molar-refractivity contribution in [2.75, 3.05) is 55.7 Å². The van der Waals surface area contributed by atoms with Crippen molar-refractivity contribution in [2.45, 2.75) is 19.8 Å². The fourth-order valence-electron chi connectivity index (χ4n) is 1.31. The second-order valence-electron chi connectivity index (χ2n) is 4.37. The van der Waals surface area contributed by atoms with Crippen molar-refractivity contribution >= 4 is 86.5 Å². The average Bonchev–Trinajstić information content (AvgIpc) is 2.59. The minimum absolute atomic E-state index is 0.181. The zero-order chi connectivity index (χ0) is 17.9. The van der Waals surface area contributed by atoms with Crippen molar-refractivity contribution in [1.29, 1.82) is 0 Å². The first-order valence-corrected chi connectivity index (χ1v) is 16.0. The molecule has 0 aliphatic rings. The van der Waals surface area contributed by atoms with Crippen LogP contribution >= 0.6 is 70.6 Å². The van der Waals surface area contributed by atoms with E-state index >= 15 is 0 Å². The summed E-state index contributed by atoms with van der Waals surface area (Å²) in [5, 5.41) is 11.9. The van der Waals surface area contributed by atoms with Crippen LogP contribution in [-0.4, -0.2) is 70.1 Å². The molecule has 0 saturated heterocycles. The molecular formula is C14H28O3S7. The number of hydrogen-bond acceptors (Lipinski definition) is 9. The Bertz CT molecular complexity index is 319. The number of aliphatic hydroxyl groups is 1. The summed E-state index contributed by atoms with van der Waals surface area (Å²) in [6, 6.07) is 0. The summed E-state index contributed by atoms with van der Waals surface area (Å²) in [6.45, 7) is 1.97. The van der Waals surface area contributed by atoms with Crippen molar-refractivity contribution in [3.63, 3.8) is 0 Å². The van der Waals surface area contributed by atoms with E-state index < -0.39 is 10.8 Å². The molecule has 0 aromatic rings. The van der Waals surface area contributed by atoms with Crippen molar-refractivity contribution in [3.05, 3.63) is 0 Å². The number of aliphatic hydroxyl groups excluding tert-OH is 1. The van der Waals surface area contributed by atoms with Gasteiger partial charge >= 0.3 is 0 Å². The average molecular weight is 469 g/mol. The van der Waals surface area contributed by atoms with Gasteiger partial charge in [0.1, 0.15) is 0 Å². The first-order valence-electron chi connectivity index (χ1n) is 7.70. The maximum atomic E-state index is 11.7. The summed E-state index contributed by atoms with van der Waals surface area (Å²) in [4.78, 5) is 11.7. The third kappa shape index (κ3) is 20.2. The molecule has 0 aliphatic heterocycles. The van der Waals surface area contributed by atoms with E-state index in [1.54, 1.807) is 11.8 Å². The van der Waals surface area contributed by atoms with Gasteiger partial charge in [0.2, 0.25) is 0 Å². The summed E-state index contributed by atoms with van der Waals surface area (Å²) >= 11 is 10.3. The van der Waals surface area contributed by atoms with Crippen molar-refractivity contribution in [2.24, 2.45) is 0 Å². The maximum absolute atomic E-state index is 11.7. The highest BCUT2D eigenvalue weighted by Crippen LogP contribution is 2.21. The molecule has 1 atom stereocenters. The lowest BCUT2D eigenvalue weighted by Crippen LogP contribution is -2.00. The van der Waals surface area contributed by atoms with Gasteiger partial charge in [0.05, 0.1) is 5.94 Å². The quantitative estimate of drug-likeness (QED) is 0.234. The normalized spacial score (nSPS) is 12.4. The van der Waals surface area contributed by atoms with Gasteiger partial charge in [-0.2, -0.15) is 23.5 Å². The summed E-state index contributed by atoms with van der Waals surface area (Å²) in [5.41, 5.74) is 0. The number of rotatable bonds is 18. The van der Waals surface area contributed by atoms with Gasteiger partial charge in [0, 0.05) is 61.2 Å². The van der Waals surface area contributed by atoms with Crippen LogP contribution in [0.15, 0.2) is 0 Å². The topological polar surface area (TPSA) is 54.4 Å². The second-order valence-corrected chi connectivity index (χ2v) is 13.7. The molecule has 0 aromatic carbocycles. The molecule has 0 heterocycles. The Hall–Kier alpha value is 1.88. The highest BCUT2D eigenvalue weighted by molar-refractivity contribution is 8.24. The zero-order valence-electron chi connectivity index (χ0n) is 14.1. The zero-order valence-corrected chi connectivity index (χ0v) is 19.8. The number of carbonyl (C=O) groups excluding carboxylic acids is 1. The minimum atomic E-state index is -0.619. The van der Waals surface area contributed by atoms with Gasteiger partial charge in [-0.3, -0.25) is 9.00 Å². The molecule has 0 amide bonds. The Kier molecular flexibility index (Phi) is 22.8. The van der Waals surface area contributed by atoms with Crippen LogP contribution in [0.25, 0.3) is 0 Å². The fraction of sp³-hybridized carbons (Fsp3) is 0.929. The fourth-order valence-corrected chi connectivity index (χ4v) is 8.48. The predicted octanol–water partition coefficient (Wildman–Crippen LogP) is 4.28. The van der Waals surface area contributed by atoms with Crippen LogP contribution in [0.1, 0.15) is 19.8 Å². The number of carbonyl (C=O) groups is 1. The lowest BCUT2D eigenvalue weighted by atomic mass is 10.5. The highest BCUT2D eigenvalue weighted by atomic mass is 32.2. The van der Waals surface area contributed by atoms with Gasteiger partial charge in [-0.25, -0.2) is 0 Å². The molecule has 0 bridgehead atoms. The standard InChI is InChI=1S/C14H28O3S7/c1-2-24(17)9-3-5-19-11-22-12-20-6-4-14(16)23-13-21-8-7-18-10-15/h15H,2-13H2,1H3. The van der Waals surface area contributed by atoms with E-state index in [0.29, 0.717) is 6.42 Å². The van der Waals surface area contributed by atoms with Crippen molar-refractivity contribution in [1.82, 2.24) is 0 Å². The smallest absolute Gasteiger partial charge is 0.190 e. The molecule has 0 aliphatic carbocycles. The van der Waals surface area contributed by atoms with E-state index in [0.717, 1.165) is 56.2 Å². The third-order valence-electron chi connectivity index (χ3n) is 2.53. The summed E-state index contributed by atoms with van der Waals surface area (Å²) in [7, 11) is -0.619. The van der Waals surface area contributed by atoms with E-state index in [1.165, 1.54) is 23.5 Å². The van der Waals surface area contributed by atoms with Gasteiger partial charge in [-0.05, 0) is 12.2 Å². The SMILES string of the molecule is CCS(=O)CCCSCSCSCCC(=O)SCSCCSCO. The minimum Gasteiger partial charge on any atom is -0.386 e. The Morgan fingerprint density at radius 3 is 2.29 bits per heavy atom. The molecule has 10 heteroatoms. The molecule has 1 unspecified atom stereocenters. The van der Waals surface area contributed by atoms with Gasteiger partial charge in [-0.15, -0.1) is 35.3 Å². The van der Waals surface area contributed by atoms with E-state index in [2.05, 4.69) is 0 Å².